The van der Waals surface area contributed by atoms with E-state index in [0.717, 1.165) is 31.4 Å². The minimum atomic E-state index is -0.379. The van der Waals surface area contributed by atoms with Gasteiger partial charge in [0.05, 0.1) is 20.6 Å². The Labute approximate surface area is 132 Å². The second-order valence-corrected chi connectivity index (χ2v) is 6.83. The number of halogens is 1. The van der Waals surface area contributed by atoms with Crippen molar-refractivity contribution in [3.05, 3.63) is 31.9 Å². The first-order chi connectivity index (χ1) is 9.46. The highest BCUT2D eigenvalue weighted by Crippen LogP contribution is 2.35. The summed E-state index contributed by atoms with van der Waals surface area (Å²) in [6, 6.07) is 5.00. The molecule has 110 valence electrons. The van der Waals surface area contributed by atoms with Crippen LogP contribution in [0.3, 0.4) is 0 Å². The van der Waals surface area contributed by atoms with E-state index < -0.39 is 0 Å². The molecule has 0 aliphatic heterocycles. The first-order valence-corrected chi connectivity index (χ1v) is 7.87. The van der Waals surface area contributed by atoms with E-state index >= 15 is 0 Å². The van der Waals surface area contributed by atoms with E-state index in [2.05, 4.69) is 12.2 Å². The molecule has 0 spiro atoms. The first kappa shape index (κ1) is 15.5. The molecule has 2 N–H and O–H groups in total. The van der Waals surface area contributed by atoms with Crippen LogP contribution in [0.15, 0.2) is 18.2 Å². The standard InChI is InChI=1S/C14H19IN2O3/c1-10-4-6-14(9-18,7-5-10)16-11-2-3-13(17(19)20)12(15)8-11/h2-3,8,10,16,18H,4-7,9H2,1H3. The second-order valence-electron chi connectivity index (χ2n) is 5.67. The van der Waals surface area contributed by atoms with Crippen molar-refractivity contribution in [1.82, 2.24) is 0 Å². The molecule has 0 heterocycles. The average Bonchev–Trinajstić information content (AvgIpc) is 2.41. The summed E-state index contributed by atoms with van der Waals surface area (Å²) < 4.78 is 0.606. The molecule has 1 fully saturated rings. The Kier molecular flexibility index (Phi) is 4.85. The zero-order valence-electron chi connectivity index (χ0n) is 11.4. The number of hydrogen-bond donors (Lipinski definition) is 2. The van der Waals surface area contributed by atoms with Crippen molar-refractivity contribution in [2.45, 2.75) is 38.1 Å². The fourth-order valence-corrected chi connectivity index (χ4v) is 3.39. The van der Waals surface area contributed by atoms with Crippen molar-refractivity contribution in [1.29, 1.82) is 0 Å². The molecule has 0 saturated heterocycles. The Bertz CT molecular complexity index is 499. The Morgan fingerprint density at radius 2 is 2.15 bits per heavy atom. The molecule has 1 aliphatic carbocycles. The number of aliphatic hydroxyl groups excluding tert-OH is 1. The molecular weight excluding hydrogens is 371 g/mol. The Balaban J connectivity index is 2.16. The molecule has 6 heteroatoms. The number of aliphatic hydroxyl groups is 1. The van der Waals surface area contributed by atoms with Crippen molar-refractivity contribution >= 4 is 34.0 Å². The smallest absolute Gasteiger partial charge is 0.282 e. The molecule has 0 unspecified atom stereocenters. The Morgan fingerprint density at radius 3 is 2.65 bits per heavy atom. The highest BCUT2D eigenvalue weighted by molar-refractivity contribution is 14.1. The third-order valence-corrected chi connectivity index (χ3v) is 4.95. The number of nitrogens with zero attached hydrogens (tertiary/aromatic N) is 1. The van der Waals surface area contributed by atoms with E-state index in [-0.39, 0.29) is 22.8 Å². The van der Waals surface area contributed by atoms with E-state index in [9.17, 15) is 15.2 Å². The fourth-order valence-electron chi connectivity index (χ4n) is 2.68. The zero-order valence-corrected chi connectivity index (χ0v) is 13.6. The molecule has 1 saturated carbocycles. The molecule has 0 amide bonds. The number of nitrogens with one attached hydrogen (secondary N) is 1. The fraction of sp³-hybridized carbons (Fsp3) is 0.571. The van der Waals surface area contributed by atoms with E-state index in [0.29, 0.717) is 9.49 Å². The third-order valence-electron chi connectivity index (χ3n) is 4.09. The number of nitro benzene ring substituents is 1. The summed E-state index contributed by atoms with van der Waals surface area (Å²) >= 11 is 1.97. The lowest BCUT2D eigenvalue weighted by molar-refractivity contribution is -0.385. The van der Waals surface area contributed by atoms with Crippen LogP contribution in [0.1, 0.15) is 32.6 Å². The molecule has 1 aromatic rings. The average molecular weight is 390 g/mol. The highest BCUT2D eigenvalue weighted by Gasteiger charge is 2.33. The lowest BCUT2D eigenvalue weighted by Gasteiger charge is -2.39. The van der Waals surface area contributed by atoms with Crippen LogP contribution in [0.2, 0.25) is 0 Å². The van der Waals surface area contributed by atoms with Crippen LogP contribution in [0.4, 0.5) is 11.4 Å². The van der Waals surface area contributed by atoms with Crippen molar-refractivity contribution in [2.24, 2.45) is 5.92 Å². The van der Waals surface area contributed by atoms with Gasteiger partial charge in [0, 0.05) is 11.8 Å². The van der Waals surface area contributed by atoms with Crippen LogP contribution in [0.5, 0.6) is 0 Å². The zero-order chi connectivity index (χ0) is 14.8. The van der Waals surface area contributed by atoms with Crippen LogP contribution in [0, 0.1) is 19.6 Å². The van der Waals surface area contributed by atoms with Crippen LogP contribution < -0.4 is 5.32 Å². The molecule has 0 radical (unpaired) electrons. The number of anilines is 1. The lowest BCUT2D eigenvalue weighted by atomic mass is 9.77. The van der Waals surface area contributed by atoms with Crippen molar-refractivity contribution in [3.8, 4) is 0 Å². The number of hydrogen-bond acceptors (Lipinski definition) is 4. The van der Waals surface area contributed by atoms with Crippen LogP contribution >= 0.6 is 22.6 Å². The quantitative estimate of drug-likeness (QED) is 0.469. The third kappa shape index (κ3) is 3.41. The van der Waals surface area contributed by atoms with Gasteiger partial charge in [-0.15, -0.1) is 0 Å². The van der Waals surface area contributed by atoms with Gasteiger partial charge in [0.25, 0.3) is 5.69 Å². The number of rotatable bonds is 4. The molecular formula is C14H19IN2O3. The maximum Gasteiger partial charge on any atom is 0.282 e. The SMILES string of the molecule is CC1CCC(CO)(Nc2ccc([N+](=O)[O-])c(I)c2)CC1. The van der Waals surface area contributed by atoms with Gasteiger partial charge in [-0.2, -0.15) is 0 Å². The van der Waals surface area contributed by atoms with Crippen molar-refractivity contribution < 1.29 is 10.0 Å². The minimum absolute atomic E-state index is 0.0906. The first-order valence-electron chi connectivity index (χ1n) is 6.79. The molecule has 0 bridgehead atoms. The highest BCUT2D eigenvalue weighted by atomic mass is 127. The molecule has 5 nitrogen and oxygen atoms in total. The van der Waals surface area contributed by atoms with E-state index in [1.54, 1.807) is 12.1 Å². The van der Waals surface area contributed by atoms with Crippen molar-refractivity contribution in [2.75, 3.05) is 11.9 Å². The summed E-state index contributed by atoms with van der Waals surface area (Å²) in [5.74, 6) is 0.702. The maximum absolute atomic E-state index is 10.8. The Hall–Kier alpha value is -0.890. The van der Waals surface area contributed by atoms with Gasteiger partial charge < -0.3 is 10.4 Å². The predicted octanol–water partition coefficient (Wildman–Crippen LogP) is 3.55. The van der Waals surface area contributed by atoms with Gasteiger partial charge in [0.2, 0.25) is 0 Å². The summed E-state index contributed by atoms with van der Waals surface area (Å²) in [6.45, 7) is 2.32. The van der Waals surface area contributed by atoms with Gasteiger partial charge in [-0.25, -0.2) is 0 Å². The van der Waals surface area contributed by atoms with Gasteiger partial charge in [-0.1, -0.05) is 6.92 Å². The molecule has 0 aromatic heterocycles. The molecule has 1 aliphatic rings. The minimum Gasteiger partial charge on any atom is -0.394 e. The lowest BCUT2D eigenvalue weighted by Crippen LogP contribution is -2.45. The summed E-state index contributed by atoms with van der Waals surface area (Å²) in [5.41, 5.74) is 0.668. The predicted molar refractivity (Wildman–Crippen MR) is 86.9 cm³/mol. The summed E-state index contributed by atoms with van der Waals surface area (Å²) in [4.78, 5) is 10.4. The normalized spacial score (nSPS) is 26.2. The van der Waals surface area contributed by atoms with E-state index in [1.807, 2.05) is 22.6 Å². The van der Waals surface area contributed by atoms with Crippen LogP contribution in [-0.2, 0) is 0 Å². The molecule has 2 rings (SSSR count). The van der Waals surface area contributed by atoms with Crippen LogP contribution in [-0.4, -0.2) is 22.2 Å². The largest absolute Gasteiger partial charge is 0.394 e. The molecule has 20 heavy (non-hydrogen) atoms. The van der Waals surface area contributed by atoms with Gasteiger partial charge >= 0.3 is 0 Å². The molecule has 0 atom stereocenters. The van der Waals surface area contributed by atoms with E-state index in [1.165, 1.54) is 6.07 Å². The van der Waals surface area contributed by atoms with Crippen LogP contribution in [0.25, 0.3) is 0 Å². The Morgan fingerprint density at radius 1 is 1.50 bits per heavy atom. The van der Waals surface area contributed by atoms with Gasteiger partial charge in [0.1, 0.15) is 0 Å². The summed E-state index contributed by atoms with van der Waals surface area (Å²) in [6.07, 6.45) is 4.05. The van der Waals surface area contributed by atoms with Crippen molar-refractivity contribution in [3.63, 3.8) is 0 Å². The monoisotopic (exact) mass is 390 g/mol. The van der Waals surface area contributed by atoms with Gasteiger partial charge in [-0.3, -0.25) is 10.1 Å². The maximum atomic E-state index is 10.8. The van der Waals surface area contributed by atoms with E-state index in [4.69, 9.17) is 0 Å². The number of nitro groups is 1. The topological polar surface area (TPSA) is 75.4 Å². The van der Waals surface area contributed by atoms with Gasteiger partial charge in [-0.05, 0) is 66.3 Å². The second kappa shape index (κ2) is 6.26. The van der Waals surface area contributed by atoms with Gasteiger partial charge in [0.15, 0.2) is 0 Å². The summed E-state index contributed by atoms with van der Waals surface area (Å²) in [5, 5.41) is 23.9. The number of benzene rings is 1. The summed E-state index contributed by atoms with van der Waals surface area (Å²) in [7, 11) is 0. The molecule has 1 aromatic carbocycles.